The number of ether oxygens (including phenoxy) is 1. The number of hydrogen-bond acceptors (Lipinski definition) is 3. The maximum absolute atomic E-state index is 13.0. The van der Waals surface area contributed by atoms with Gasteiger partial charge in [-0.15, -0.1) is 11.3 Å². The van der Waals surface area contributed by atoms with Crippen LogP contribution >= 0.6 is 11.3 Å². The molecular formula is C21H28N2O2S. The van der Waals surface area contributed by atoms with Crippen LogP contribution in [0.2, 0.25) is 0 Å². The molecule has 0 unspecified atom stereocenters. The van der Waals surface area contributed by atoms with E-state index in [-0.39, 0.29) is 23.5 Å². The second kappa shape index (κ2) is 7.03. The summed E-state index contributed by atoms with van der Waals surface area (Å²) < 4.78 is 8.01. The van der Waals surface area contributed by atoms with Crippen LogP contribution in [0.25, 0.3) is 0 Å². The number of aryl methyl sites for hydroxylation is 1. The van der Waals surface area contributed by atoms with Crippen LogP contribution < -0.4 is 9.54 Å². The van der Waals surface area contributed by atoms with Crippen molar-refractivity contribution in [3.05, 3.63) is 45.2 Å². The minimum atomic E-state index is -0.235. The molecule has 140 valence electrons. The summed E-state index contributed by atoms with van der Waals surface area (Å²) in [5.74, 6) is 0.414. The summed E-state index contributed by atoms with van der Waals surface area (Å²) in [6.07, 6.45) is 4.50. The Balaban J connectivity index is 2.03. The molecule has 1 amide bonds. The molecule has 4 nitrogen and oxygen atoms in total. The van der Waals surface area contributed by atoms with E-state index in [1.165, 1.54) is 4.88 Å². The van der Waals surface area contributed by atoms with Crippen molar-refractivity contribution in [3.8, 4) is 5.75 Å². The summed E-state index contributed by atoms with van der Waals surface area (Å²) in [7, 11) is 0. The van der Waals surface area contributed by atoms with E-state index in [1.807, 2.05) is 25.1 Å². The fourth-order valence-corrected chi connectivity index (χ4v) is 3.75. The largest absolute Gasteiger partial charge is 0.490 e. The van der Waals surface area contributed by atoms with Gasteiger partial charge in [-0.1, -0.05) is 32.4 Å². The highest BCUT2D eigenvalue weighted by molar-refractivity contribution is 7.09. The number of hydrogen-bond donors (Lipinski definition) is 0. The SMILES string of the molecule is Cc1ccc(OC2CC2)c(C(=O)/N=c2\sc(C(C)(C)C)cn2C(C)C)c1. The summed E-state index contributed by atoms with van der Waals surface area (Å²) >= 11 is 1.59. The molecule has 0 saturated heterocycles. The van der Waals surface area contributed by atoms with Crippen LogP contribution in [0.3, 0.4) is 0 Å². The van der Waals surface area contributed by atoms with Gasteiger partial charge in [-0.25, -0.2) is 0 Å². The van der Waals surface area contributed by atoms with Gasteiger partial charge in [0.2, 0.25) is 0 Å². The van der Waals surface area contributed by atoms with Gasteiger partial charge in [-0.05, 0) is 51.2 Å². The van der Waals surface area contributed by atoms with Gasteiger partial charge in [-0.3, -0.25) is 4.79 Å². The number of carbonyl (C=O) groups is 1. The zero-order valence-electron chi connectivity index (χ0n) is 16.5. The maximum atomic E-state index is 13.0. The van der Waals surface area contributed by atoms with E-state index in [2.05, 4.69) is 50.4 Å². The van der Waals surface area contributed by atoms with Crippen molar-refractivity contribution in [1.82, 2.24) is 4.57 Å². The first-order valence-corrected chi connectivity index (χ1v) is 10.1. The quantitative estimate of drug-likeness (QED) is 0.756. The first-order chi connectivity index (χ1) is 12.1. The highest BCUT2D eigenvalue weighted by Gasteiger charge is 2.26. The monoisotopic (exact) mass is 372 g/mol. The Hall–Kier alpha value is -1.88. The van der Waals surface area contributed by atoms with Gasteiger partial charge in [0, 0.05) is 17.1 Å². The second-order valence-electron chi connectivity index (χ2n) is 8.36. The molecule has 1 heterocycles. The average Bonchev–Trinajstić information content (AvgIpc) is 3.24. The molecule has 0 aliphatic heterocycles. The molecule has 0 bridgehead atoms. The molecule has 0 spiro atoms. The number of nitrogens with zero attached hydrogens (tertiary/aromatic N) is 2. The molecule has 1 aliphatic carbocycles. The third-order valence-electron chi connectivity index (χ3n) is 4.35. The number of thiazole rings is 1. The van der Waals surface area contributed by atoms with Crippen molar-refractivity contribution in [2.45, 2.75) is 71.9 Å². The summed E-state index contributed by atoms with van der Waals surface area (Å²) in [5.41, 5.74) is 1.62. The van der Waals surface area contributed by atoms with Crippen molar-refractivity contribution in [1.29, 1.82) is 0 Å². The van der Waals surface area contributed by atoms with E-state index < -0.39 is 0 Å². The topological polar surface area (TPSA) is 43.6 Å². The minimum absolute atomic E-state index is 0.0295. The fraction of sp³-hybridized carbons (Fsp3) is 0.524. The van der Waals surface area contributed by atoms with Crippen molar-refractivity contribution >= 4 is 17.2 Å². The van der Waals surface area contributed by atoms with Crippen LogP contribution in [0.5, 0.6) is 5.75 Å². The maximum Gasteiger partial charge on any atom is 0.283 e. The zero-order valence-corrected chi connectivity index (χ0v) is 17.3. The predicted octanol–water partition coefficient (Wildman–Crippen LogP) is 5.02. The molecule has 1 fully saturated rings. The van der Waals surface area contributed by atoms with E-state index in [4.69, 9.17) is 4.74 Å². The third kappa shape index (κ3) is 4.26. The second-order valence-corrected chi connectivity index (χ2v) is 9.37. The third-order valence-corrected chi connectivity index (χ3v) is 5.78. The lowest BCUT2D eigenvalue weighted by atomic mass is 9.95. The van der Waals surface area contributed by atoms with Crippen LogP contribution in [-0.2, 0) is 5.41 Å². The van der Waals surface area contributed by atoms with Gasteiger partial charge in [0.1, 0.15) is 5.75 Å². The molecule has 1 aromatic heterocycles. The molecule has 0 atom stereocenters. The number of carbonyl (C=O) groups excluding carboxylic acids is 1. The molecule has 1 aliphatic rings. The highest BCUT2D eigenvalue weighted by Crippen LogP contribution is 2.30. The molecule has 2 aromatic rings. The lowest BCUT2D eigenvalue weighted by Crippen LogP contribution is -2.18. The standard InChI is InChI=1S/C21H28N2O2S/c1-13(2)23-12-18(21(4,5)6)26-20(23)22-19(24)16-11-14(3)7-10-17(16)25-15-8-9-15/h7,10-13,15H,8-9H2,1-6H3/b22-20-. The number of amides is 1. The molecule has 1 aromatic carbocycles. The van der Waals surface area contributed by atoms with Gasteiger partial charge in [0.05, 0.1) is 11.7 Å². The number of benzene rings is 1. The fourth-order valence-electron chi connectivity index (χ4n) is 2.58. The van der Waals surface area contributed by atoms with Crippen LogP contribution in [-0.4, -0.2) is 16.6 Å². The molecule has 3 rings (SSSR count). The summed E-state index contributed by atoms with van der Waals surface area (Å²) in [5, 5.41) is 0. The normalized spacial score (nSPS) is 15.6. The van der Waals surface area contributed by atoms with E-state index in [9.17, 15) is 4.79 Å². The number of aromatic nitrogens is 1. The smallest absolute Gasteiger partial charge is 0.283 e. The van der Waals surface area contributed by atoms with Crippen LogP contribution in [0, 0.1) is 6.92 Å². The van der Waals surface area contributed by atoms with Crippen LogP contribution in [0.15, 0.2) is 29.4 Å². The lowest BCUT2D eigenvalue weighted by molar-refractivity contribution is 0.0993. The molecular weight excluding hydrogens is 344 g/mol. The summed E-state index contributed by atoms with van der Waals surface area (Å²) in [4.78, 5) is 19.4. The van der Waals surface area contributed by atoms with Gasteiger partial charge < -0.3 is 9.30 Å². The van der Waals surface area contributed by atoms with Crippen LogP contribution in [0.1, 0.15) is 74.3 Å². The van der Waals surface area contributed by atoms with Gasteiger partial charge >= 0.3 is 0 Å². The Morgan fingerprint density at radius 1 is 1.31 bits per heavy atom. The van der Waals surface area contributed by atoms with Crippen molar-refractivity contribution in [2.75, 3.05) is 0 Å². The van der Waals surface area contributed by atoms with Crippen LogP contribution in [0.4, 0.5) is 0 Å². The first kappa shape index (κ1) is 18.9. The van der Waals surface area contributed by atoms with Crippen molar-refractivity contribution in [3.63, 3.8) is 0 Å². The molecule has 26 heavy (non-hydrogen) atoms. The Morgan fingerprint density at radius 3 is 2.58 bits per heavy atom. The molecule has 0 N–H and O–H groups in total. The zero-order chi connectivity index (χ0) is 19.1. The number of rotatable bonds is 4. The van der Waals surface area contributed by atoms with E-state index in [0.717, 1.165) is 23.2 Å². The highest BCUT2D eigenvalue weighted by atomic mass is 32.1. The Bertz CT molecular complexity index is 880. The van der Waals surface area contributed by atoms with E-state index in [1.54, 1.807) is 11.3 Å². The minimum Gasteiger partial charge on any atom is -0.490 e. The van der Waals surface area contributed by atoms with E-state index >= 15 is 0 Å². The Labute approximate surface area is 159 Å². The van der Waals surface area contributed by atoms with E-state index in [0.29, 0.717) is 11.3 Å². The van der Waals surface area contributed by atoms with Gasteiger partial charge in [0.15, 0.2) is 4.80 Å². The average molecular weight is 373 g/mol. The van der Waals surface area contributed by atoms with Crippen molar-refractivity contribution in [2.24, 2.45) is 4.99 Å². The van der Waals surface area contributed by atoms with Gasteiger partial charge in [-0.2, -0.15) is 4.99 Å². The lowest BCUT2D eigenvalue weighted by Gasteiger charge is -2.15. The first-order valence-electron chi connectivity index (χ1n) is 9.24. The Kier molecular flexibility index (Phi) is 5.11. The van der Waals surface area contributed by atoms with Crippen molar-refractivity contribution < 1.29 is 9.53 Å². The summed E-state index contributed by atoms with van der Waals surface area (Å²) in [6, 6.07) is 5.99. The summed E-state index contributed by atoms with van der Waals surface area (Å²) in [6.45, 7) is 12.7. The van der Waals surface area contributed by atoms with Gasteiger partial charge in [0.25, 0.3) is 5.91 Å². The Morgan fingerprint density at radius 2 is 2.00 bits per heavy atom. The molecule has 0 radical (unpaired) electrons. The predicted molar refractivity (Wildman–Crippen MR) is 106 cm³/mol. The molecule has 5 heteroatoms. The molecule has 1 saturated carbocycles.